The van der Waals surface area contributed by atoms with Crippen LogP contribution in [0.15, 0.2) is 30.3 Å². The minimum Gasteiger partial charge on any atom is -0.472 e. The van der Waals surface area contributed by atoms with Crippen LogP contribution in [-0.4, -0.2) is 77.1 Å². The fourth-order valence-electron chi connectivity index (χ4n) is 3.91. The first-order chi connectivity index (χ1) is 15.1. The van der Waals surface area contributed by atoms with E-state index >= 15 is 0 Å². The Hall–Kier alpha value is -2.23. The molecule has 31 heavy (non-hydrogen) atoms. The minimum atomic E-state index is -0.686. The Balaban J connectivity index is 1.31. The first-order valence-electron chi connectivity index (χ1n) is 10.3. The zero-order valence-corrected chi connectivity index (χ0v) is 18.4. The number of halogens is 1. The van der Waals surface area contributed by atoms with E-state index in [1.807, 2.05) is 30.3 Å². The molecule has 2 N–H and O–H groups in total. The number of hydrogen-bond donors (Lipinski definition) is 2. The highest BCUT2D eigenvalue weighted by Crippen LogP contribution is 2.36. The van der Waals surface area contributed by atoms with Crippen LogP contribution in [-0.2, 0) is 0 Å². The van der Waals surface area contributed by atoms with Gasteiger partial charge >= 0.3 is 0 Å². The van der Waals surface area contributed by atoms with Gasteiger partial charge in [-0.1, -0.05) is 17.7 Å². The molecule has 7 nitrogen and oxygen atoms in total. The zero-order valence-electron chi connectivity index (χ0n) is 16.9. The highest BCUT2D eigenvalue weighted by molar-refractivity contribution is 7.19. The molecule has 0 aliphatic carbocycles. The molecule has 162 valence electrons. The maximum atomic E-state index is 9.63. The van der Waals surface area contributed by atoms with Gasteiger partial charge in [-0.2, -0.15) is 4.98 Å². The second-order valence-corrected chi connectivity index (χ2v) is 9.19. The lowest BCUT2D eigenvalue weighted by Gasteiger charge is -2.36. The smallest absolute Gasteiger partial charge is 0.223 e. The largest absolute Gasteiger partial charge is 0.472 e. The number of piperazine rings is 1. The summed E-state index contributed by atoms with van der Waals surface area (Å²) >= 11 is 7.89. The monoisotopic (exact) mass is 458 g/mol. The number of aliphatic hydroxyl groups is 2. The molecule has 2 aromatic heterocycles. The number of ether oxygens (including phenoxy) is 1. The van der Waals surface area contributed by atoms with Crippen LogP contribution < -0.4 is 9.64 Å². The number of pyridine rings is 1. The molecule has 1 atom stereocenters. The third-order valence-corrected chi connectivity index (χ3v) is 6.99. The average Bonchev–Trinajstić information content (AvgIpc) is 3.25. The van der Waals surface area contributed by atoms with Gasteiger partial charge in [0.25, 0.3) is 0 Å². The number of anilines is 1. The van der Waals surface area contributed by atoms with Gasteiger partial charge in [0.15, 0.2) is 0 Å². The number of rotatable bonds is 5. The summed E-state index contributed by atoms with van der Waals surface area (Å²) in [5.41, 5.74) is 2.80. The summed E-state index contributed by atoms with van der Waals surface area (Å²) < 4.78 is 7.06. The van der Waals surface area contributed by atoms with Crippen molar-refractivity contribution in [3.8, 4) is 5.88 Å². The Morgan fingerprint density at radius 2 is 1.97 bits per heavy atom. The number of aliphatic hydroxyl groups excluding tert-OH is 2. The fraction of sp³-hybridized carbons (Fsp3) is 0.364. The van der Waals surface area contributed by atoms with E-state index in [2.05, 4.69) is 15.9 Å². The zero-order chi connectivity index (χ0) is 21.4. The van der Waals surface area contributed by atoms with Gasteiger partial charge in [-0.25, -0.2) is 4.98 Å². The minimum absolute atomic E-state index is 0.205. The van der Waals surface area contributed by atoms with Crippen LogP contribution in [0.3, 0.4) is 0 Å². The molecule has 1 aromatic carbocycles. The molecule has 9 heteroatoms. The normalized spacial score (nSPS) is 17.9. The fourth-order valence-corrected chi connectivity index (χ4v) is 5.18. The van der Waals surface area contributed by atoms with Crippen LogP contribution in [0.4, 0.5) is 5.82 Å². The van der Waals surface area contributed by atoms with Crippen molar-refractivity contribution in [1.29, 1.82) is 0 Å². The number of aromatic nitrogens is 2. The van der Waals surface area contributed by atoms with Gasteiger partial charge in [0, 0.05) is 43.9 Å². The van der Waals surface area contributed by atoms with Crippen LogP contribution in [0, 0.1) is 0 Å². The standard InChI is InChI=1S/C22H23ClN4O3S/c23-17-2-1-3-18-20(17)25-22(31-18)15-10-14-4-5-19(24-21(14)30-13-15)27-8-6-26(7-9-27)11-16(29)12-28/h1-5,10,16,28-29H,6-9,11-13H2. The van der Waals surface area contributed by atoms with Gasteiger partial charge in [-0.3, -0.25) is 4.90 Å². The second-order valence-electron chi connectivity index (χ2n) is 7.75. The van der Waals surface area contributed by atoms with Crippen molar-refractivity contribution in [1.82, 2.24) is 14.9 Å². The first kappa shape index (κ1) is 20.7. The molecule has 0 amide bonds. The highest BCUT2D eigenvalue weighted by Gasteiger charge is 2.22. The molecular weight excluding hydrogens is 436 g/mol. The second kappa shape index (κ2) is 8.72. The van der Waals surface area contributed by atoms with Gasteiger partial charge in [0.1, 0.15) is 22.9 Å². The first-order valence-corrected chi connectivity index (χ1v) is 11.5. The van der Waals surface area contributed by atoms with Crippen LogP contribution >= 0.6 is 22.9 Å². The molecule has 1 saturated heterocycles. The SMILES string of the molecule is OCC(O)CN1CCN(c2ccc3c(n2)OCC(c2nc4c(Cl)cccc4s2)=C3)CC1. The highest BCUT2D eigenvalue weighted by atomic mass is 35.5. The van der Waals surface area contributed by atoms with Crippen molar-refractivity contribution in [2.24, 2.45) is 0 Å². The Kier molecular flexibility index (Phi) is 5.81. The number of para-hydroxylation sites is 1. The van der Waals surface area contributed by atoms with Gasteiger partial charge in [-0.05, 0) is 30.3 Å². The lowest BCUT2D eigenvalue weighted by Crippen LogP contribution is -2.49. The van der Waals surface area contributed by atoms with E-state index in [9.17, 15) is 5.11 Å². The van der Waals surface area contributed by atoms with E-state index in [4.69, 9.17) is 31.4 Å². The van der Waals surface area contributed by atoms with Crippen molar-refractivity contribution in [2.75, 3.05) is 50.8 Å². The number of benzene rings is 1. The van der Waals surface area contributed by atoms with Crippen molar-refractivity contribution in [2.45, 2.75) is 6.10 Å². The Bertz CT molecular complexity index is 1130. The van der Waals surface area contributed by atoms with Crippen molar-refractivity contribution in [3.63, 3.8) is 0 Å². The van der Waals surface area contributed by atoms with Gasteiger partial charge < -0.3 is 19.8 Å². The number of β-amino-alcohol motifs (C(OH)–C–C–N with tert-alkyl or cyclic N) is 1. The van der Waals surface area contributed by atoms with Crippen molar-refractivity contribution in [3.05, 3.63) is 45.9 Å². The molecule has 5 rings (SSSR count). The van der Waals surface area contributed by atoms with E-state index < -0.39 is 6.10 Å². The average molecular weight is 459 g/mol. The van der Waals surface area contributed by atoms with E-state index in [0.717, 1.165) is 58.4 Å². The molecule has 2 aliphatic rings. The number of fused-ring (bicyclic) bond motifs is 2. The molecule has 3 aromatic rings. The lowest BCUT2D eigenvalue weighted by molar-refractivity contribution is 0.0574. The van der Waals surface area contributed by atoms with Crippen LogP contribution in [0.2, 0.25) is 5.02 Å². The van der Waals surface area contributed by atoms with Gasteiger partial charge in [0.05, 0.1) is 22.4 Å². The number of thiazole rings is 1. The summed E-state index contributed by atoms with van der Waals surface area (Å²) in [5.74, 6) is 1.53. The third kappa shape index (κ3) is 4.26. The van der Waals surface area contributed by atoms with E-state index in [1.54, 1.807) is 11.3 Å². The third-order valence-electron chi connectivity index (χ3n) is 5.59. The quantitative estimate of drug-likeness (QED) is 0.608. The predicted octanol–water partition coefficient (Wildman–Crippen LogP) is 2.75. The maximum absolute atomic E-state index is 9.63. The lowest BCUT2D eigenvalue weighted by atomic mass is 10.1. The summed E-state index contributed by atoms with van der Waals surface area (Å²) in [7, 11) is 0. The Labute approximate surface area is 189 Å². The van der Waals surface area contributed by atoms with Gasteiger partial charge in [-0.15, -0.1) is 11.3 Å². The molecule has 0 radical (unpaired) electrons. The molecule has 0 bridgehead atoms. The van der Waals surface area contributed by atoms with Crippen LogP contribution in [0.1, 0.15) is 10.6 Å². The Morgan fingerprint density at radius 3 is 2.74 bits per heavy atom. The summed E-state index contributed by atoms with van der Waals surface area (Å²) in [6.07, 6.45) is 1.41. The molecule has 2 aliphatic heterocycles. The molecule has 1 unspecified atom stereocenters. The summed E-state index contributed by atoms with van der Waals surface area (Å²) in [6.45, 7) is 3.99. The Morgan fingerprint density at radius 1 is 1.13 bits per heavy atom. The molecular formula is C22H23ClN4O3S. The predicted molar refractivity (Wildman–Crippen MR) is 124 cm³/mol. The number of hydrogen-bond acceptors (Lipinski definition) is 8. The summed E-state index contributed by atoms with van der Waals surface area (Å²) in [6, 6.07) is 9.88. The maximum Gasteiger partial charge on any atom is 0.223 e. The van der Waals surface area contributed by atoms with E-state index in [-0.39, 0.29) is 6.61 Å². The van der Waals surface area contributed by atoms with E-state index in [1.165, 1.54) is 0 Å². The van der Waals surface area contributed by atoms with Crippen LogP contribution in [0.5, 0.6) is 5.88 Å². The number of nitrogens with zero attached hydrogens (tertiary/aromatic N) is 4. The molecule has 4 heterocycles. The van der Waals surface area contributed by atoms with Crippen molar-refractivity contribution >= 4 is 50.6 Å². The molecule has 0 saturated carbocycles. The molecule has 0 spiro atoms. The van der Waals surface area contributed by atoms with Crippen molar-refractivity contribution < 1.29 is 14.9 Å². The van der Waals surface area contributed by atoms with Gasteiger partial charge in [0.2, 0.25) is 5.88 Å². The molecule has 1 fully saturated rings. The topological polar surface area (TPSA) is 82.0 Å². The summed E-state index contributed by atoms with van der Waals surface area (Å²) in [5, 5.41) is 20.2. The summed E-state index contributed by atoms with van der Waals surface area (Å²) in [4.78, 5) is 13.8. The van der Waals surface area contributed by atoms with E-state index in [0.29, 0.717) is 24.1 Å². The van der Waals surface area contributed by atoms with Crippen LogP contribution in [0.25, 0.3) is 21.9 Å².